The van der Waals surface area contributed by atoms with Gasteiger partial charge >= 0.3 is 5.97 Å². The zero-order chi connectivity index (χ0) is 25.4. The number of benzene rings is 3. The molecule has 0 atom stereocenters. The normalized spacial score (nSPS) is 12.7. The molecule has 0 radical (unpaired) electrons. The molecule has 180 valence electrons. The average Bonchev–Trinajstić information content (AvgIpc) is 3.00. The van der Waals surface area contributed by atoms with E-state index in [0.29, 0.717) is 39.1 Å². The molecule has 0 unspecified atom stereocenters. The average molecular weight is 519 g/mol. The molecular formula is C26H19ClN4O4S. The minimum atomic E-state index is -4.00. The molecule has 0 aliphatic carbocycles. The highest BCUT2D eigenvalue weighted by Gasteiger charge is 2.25. The number of fused-ring (bicyclic) bond motifs is 3. The molecule has 1 aromatic heterocycles. The van der Waals surface area contributed by atoms with Crippen molar-refractivity contribution in [3.05, 3.63) is 106 Å². The van der Waals surface area contributed by atoms with E-state index in [4.69, 9.17) is 31.8 Å². The van der Waals surface area contributed by atoms with Crippen molar-refractivity contribution in [1.29, 1.82) is 0 Å². The maximum Gasteiger partial charge on any atom is 0.335 e. The monoisotopic (exact) mass is 518 g/mol. The number of aromatic carboxylic acids is 1. The van der Waals surface area contributed by atoms with Crippen molar-refractivity contribution in [2.75, 3.05) is 5.32 Å². The van der Waals surface area contributed by atoms with E-state index >= 15 is 0 Å². The zero-order valence-electron chi connectivity index (χ0n) is 18.6. The number of anilines is 2. The molecule has 4 aromatic rings. The van der Waals surface area contributed by atoms with Crippen LogP contribution in [0.2, 0.25) is 5.02 Å². The second kappa shape index (κ2) is 9.19. The summed E-state index contributed by atoms with van der Waals surface area (Å²) in [6.07, 6.45) is 0. The van der Waals surface area contributed by atoms with Crippen LogP contribution in [0.25, 0.3) is 11.3 Å². The molecule has 0 spiro atoms. The third kappa shape index (κ3) is 4.59. The third-order valence-electron chi connectivity index (χ3n) is 5.73. The number of nitrogens with two attached hydrogens (primary N) is 1. The lowest BCUT2D eigenvalue weighted by atomic mass is 9.95. The van der Waals surface area contributed by atoms with Gasteiger partial charge in [0, 0.05) is 33.0 Å². The highest BCUT2D eigenvalue weighted by molar-refractivity contribution is 7.89. The fourth-order valence-corrected chi connectivity index (χ4v) is 4.98. The number of halogens is 1. The Morgan fingerprint density at radius 1 is 0.944 bits per heavy atom. The van der Waals surface area contributed by atoms with Gasteiger partial charge in [0.2, 0.25) is 10.0 Å². The highest BCUT2D eigenvalue weighted by atomic mass is 35.5. The number of nitrogens with one attached hydrogen (secondary N) is 1. The molecule has 3 aromatic carbocycles. The lowest BCUT2D eigenvalue weighted by Gasteiger charge is -2.14. The van der Waals surface area contributed by atoms with Crippen molar-refractivity contribution in [3.8, 4) is 11.3 Å². The maximum atomic E-state index is 12.3. The summed E-state index contributed by atoms with van der Waals surface area (Å²) in [5.74, 6) is -0.453. The van der Waals surface area contributed by atoms with Gasteiger partial charge in [-0.1, -0.05) is 41.9 Å². The fraction of sp³-hybridized carbons (Fsp3) is 0.0385. The van der Waals surface area contributed by atoms with Crippen LogP contribution >= 0.6 is 11.6 Å². The molecule has 0 amide bonds. The summed E-state index contributed by atoms with van der Waals surface area (Å²) in [6, 6.07) is 21.8. The molecule has 4 N–H and O–H groups in total. The Balaban J connectivity index is 1.61. The smallest absolute Gasteiger partial charge is 0.335 e. The molecular weight excluding hydrogens is 500 g/mol. The zero-order valence-corrected chi connectivity index (χ0v) is 20.2. The first kappa shape index (κ1) is 23.7. The van der Waals surface area contributed by atoms with E-state index in [-0.39, 0.29) is 17.0 Å². The van der Waals surface area contributed by atoms with E-state index in [0.717, 1.165) is 11.1 Å². The summed E-state index contributed by atoms with van der Waals surface area (Å²) >= 11 is 6.34. The number of sulfonamides is 1. The SMILES string of the molecule is NS(=O)(=O)c1ccccc1C1=NCc2ccc(Nc3ccc(C(=O)O)cc3)nc2-c2ccc(Cl)cc21. The first-order valence-corrected chi connectivity index (χ1v) is 12.7. The van der Waals surface area contributed by atoms with Crippen LogP contribution in [0.1, 0.15) is 27.0 Å². The van der Waals surface area contributed by atoms with Gasteiger partial charge < -0.3 is 10.4 Å². The Morgan fingerprint density at radius 3 is 2.42 bits per heavy atom. The van der Waals surface area contributed by atoms with Crippen LogP contribution in [-0.4, -0.2) is 30.2 Å². The number of aliphatic imine (C=N–C) groups is 1. The Hall–Kier alpha value is -4.05. The second-order valence-corrected chi connectivity index (χ2v) is 10.1. The molecule has 1 aliphatic rings. The first-order valence-electron chi connectivity index (χ1n) is 10.8. The number of nitrogens with zero attached hydrogens (tertiary/aromatic N) is 2. The molecule has 8 nitrogen and oxygen atoms in total. The number of hydrogen-bond donors (Lipinski definition) is 3. The lowest BCUT2D eigenvalue weighted by Crippen LogP contribution is -2.17. The van der Waals surface area contributed by atoms with Gasteiger partial charge in [-0.05, 0) is 48.5 Å². The van der Waals surface area contributed by atoms with Gasteiger partial charge in [-0.2, -0.15) is 0 Å². The van der Waals surface area contributed by atoms with E-state index in [9.17, 15) is 13.2 Å². The Bertz CT molecular complexity index is 1650. The number of rotatable bonds is 5. The third-order valence-corrected chi connectivity index (χ3v) is 6.94. The Morgan fingerprint density at radius 2 is 1.69 bits per heavy atom. The van der Waals surface area contributed by atoms with Gasteiger partial charge in [0.1, 0.15) is 5.82 Å². The van der Waals surface area contributed by atoms with Crippen LogP contribution < -0.4 is 10.5 Å². The van der Waals surface area contributed by atoms with E-state index in [1.807, 2.05) is 12.1 Å². The summed E-state index contributed by atoms with van der Waals surface area (Å²) in [5.41, 5.74) is 4.57. The number of carboxylic acid groups (broad SMARTS) is 1. The lowest BCUT2D eigenvalue weighted by molar-refractivity contribution is 0.0697. The molecule has 36 heavy (non-hydrogen) atoms. The summed E-state index contributed by atoms with van der Waals surface area (Å²) in [6.45, 7) is 0.260. The van der Waals surface area contributed by atoms with Crippen molar-refractivity contribution in [2.24, 2.45) is 10.1 Å². The molecule has 5 rings (SSSR count). The Labute approximate surface area is 212 Å². The molecule has 0 fully saturated rings. The molecule has 0 bridgehead atoms. The van der Waals surface area contributed by atoms with Crippen molar-refractivity contribution in [3.63, 3.8) is 0 Å². The number of carbonyl (C=O) groups is 1. The first-order chi connectivity index (χ1) is 17.2. The van der Waals surface area contributed by atoms with Crippen molar-refractivity contribution >= 4 is 44.8 Å². The second-order valence-electron chi connectivity index (χ2n) is 8.11. The predicted octanol–water partition coefficient (Wildman–Crippen LogP) is 4.84. The van der Waals surface area contributed by atoms with Crippen molar-refractivity contribution in [2.45, 2.75) is 11.4 Å². The fourth-order valence-electron chi connectivity index (χ4n) is 4.07. The number of aromatic nitrogens is 1. The van der Waals surface area contributed by atoms with E-state index in [2.05, 4.69) is 5.32 Å². The minimum absolute atomic E-state index is 0.0271. The summed E-state index contributed by atoms with van der Waals surface area (Å²) in [4.78, 5) is 20.7. The Kier molecular flexibility index (Phi) is 6.05. The van der Waals surface area contributed by atoms with Gasteiger partial charge in [-0.25, -0.2) is 23.3 Å². The van der Waals surface area contributed by atoms with E-state index in [1.165, 1.54) is 18.2 Å². The van der Waals surface area contributed by atoms with Gasteiger partial charge in [0.05, 0.1) is 28.4 Å². The maximum absolute atomic E-state index is 12.3. The standard InChI is InChI=1S/C26H19ClN4O4S/c27-17-8-11-19-21(13-17)25(20-3-1-2-4-22(20)36(28,34)35)29-14-16-7-12-23(31-24(16)19)30-18-9-5-15(6-10-18)26(32)33/h1-13H,14H2,(H,30,31)(H,32,33)(H2,28,34,35). The van der Waals surface area contributed by atoms with Crippen LogP contribution in [0.5, 0.6) is 0 Å². The van der Waals surface area contributed by atoms with E-state index in [1.54, 1.807) is 48.5 Å². The number of pyridine rings is 1. The van der Waals surface area contributed by atoms with Gasteiger partial charge in [-0.15, -0.1) is 0 Å². The van der Waals surface area contributed by atoms with E-state index < -0.39 is 16.0 Å². The van der Waals surface area contributed by atoms with Gasteiger partial charge in [0.15, 0.2) is 0 Å². The van der Waals surface area contributed by atoms with Crippen LogP contribution in [0.4, 0.5) is 11.5 Å². The molecule has 10 heteroatoms. The van der Waals surface area contributed by atoms with Crippen molar-refractivity contribution < 1.29 is 18.3 Å². The number of hydrogen-bond acceptors (Lipinski definition) is 6. The van der Waals surface area contributed by atoms with Crippen LogP contribution in [-0.2, 0) is 16.6 Å². The van der Waals surface area contributed by atoms with Crippen LogP contribution in [0, 0.1) is 0 Å². The molecule has 0 saturated carbocycles. The quantitative estimate of drug-likeness (QED) is 0.346. The minimum Gasteiger partial charge on any atom is -0.478 e. The topological polar surface area (TPSA) is 135 Å². The summed E-state index contributed by atoms with van der Waals surface area (Å²) < 4.78 is 24.6. The molecule has 0 saturated heterocycles. The van der Waals surface area contributed by atoms with Gasteiger partial charge in [-0.3, -0.25) is 4.99 Å². The number of carboxylic acids is 1. The number of primary sulfonamides is 1. The van der Waals surface area contributed by atoms with Crippen LogP contribution in [0.15, 0.2) is 88.8 Å². The molecule has 2 heterocycles. The summed E-state index contributed by atoms with van der Waals surface area (Å²) in [5, 5.41) is 18.3. The molecule has 1 aliphatic heterocycles. The van der Waals surface area contributed by atoms with Crippen LogP contribution in [0.3, 0.4) is 0 Å². The van der Waals surface area contributed by atoms with Crippen molar-refractivity contribution in [1.82, 2.24) is 4.98 Å². The predicted molar refractivity (Wildman–Crippen MR) is 139 cm³/mol. The van der Waals surface area contributed by atoms with Gasteiger partial charge in [0.25, 0.3) is 0 Å². The largest absolute Gasteiger partial charge is 0.478 e. The summed E-state index contributed by atoms with van der Waals surface area (Å²) in [7, 11) is -4.00. The highest BCUT2D eigenvalue weighted by Crippen LogP contribution is 2.35.